The highest BCUT2D eigenvalue weighted by molar-refractivity contribution is 5.87. The summed E-state index contributed by atoms with van der Waals surface area (Å²) in [5.74, 6) is -36.7. The Morgan fingerprint density at radius 2 is 1.42 bits per heavy atom. The first-order valence-corrected chi connectivity index (χ1v) is 7.93. The number of alkyl halides is 12. The van der Waals surface area contributed by atoms with Gasteiger partial charge in [-0.05, 0) is 6.92 Å². The topological polar surface area (TPSA) is 55.8 Å². The number of esters is 1. The average Bonchev–Trinajstić information content (AvgIpc) is 2.62. The molecule has 0 rings (SSSR count). The molecule has 0 aromatic heterocycles. The first-order valence-electron chi connectivity index (χ1n) is 7.93. The normalized spacial score (nSPS) is 15.2. The number of ether oxygens (including phenoxy) is 2. The Kier molecular flexibility index (Phi) is 9.29. The highest BCUT2D eigenvalue weighted by Crippen LogP contribution is 2.58. The van der Waals surface area contributed by atoms with Crippen LogP contribution in [0.4, 0.5) is 52.7 Å². The van der Waals surface area contributed by atoms with E-state index in [1.54, 1.807) is 0 Å². The van der Waals surface area contributed by atoms with Crippen molar-refractivity contribution in [3.8, 4) is 0 Å². The highest BCUT2D eigenvalue weighted by Gasteiger charge is 2.87. The van der Waals surface area contributed by atoms with Crippen LogP contribution in [0.2, 0.25) is 0 Å². The molecule has 184 valence electrons. The summed E-state index contributed by atoms with van der Waals surface area (Å²) < 4.78 is 165. The number of carbonyl (C=O) groups excluding carboxylic acids is 1. The number of hydrogen-bond donors (Lipinski definition) is 1. The molecule has 1 atom stereocenters. The zero-order valence-corrected chi connectivity index (χ0v) is 15.4. The minimum Gasteiger partial charge on any atom is -0.454 e. The first-order chi connectivity index (χ1) is 13.7. The van der Waals surface area contributed by atoms with Gasteiger partial charge in [0.15, 0.2) is 0 Å². The van der Waals surface area contributed by atoms with Crippen LogP contribution in [0.3, 0.4) is 0 Å². The van der Waals surface area contributed by atoms with E-state index in [9.17, 15) is 57.5 Å². The molecule has 16 heteroatoms. The third kappa shape index (κ3) is 5.75. The predicted molar refractivity (Wildman–Crippen MR) is 78.0 cm³/mol. The minimum atomic E-state index is -7.60. The third-order valence-corrected chi connectivity index (χ3v) is 3.63. The van der Waals surface area contributed by atoms with Crippen molar-refractivity contribution in [1.29, 1.82) is 0 Å². The lowest BCUT2D eigenvalue weighted by molar-refractivity contribution is -0.413. The van der Waals surface area contributed by atoms with E-state index in [1.165, 1.54) is 6.92 Å². The van der Waals surface area contributed by atoms with Crippen LogP contribution in [-0.2, 0) is 14.3 Å². The Labute approximate surface area is 166 Å². The van der Waals surface area contributed by atoms with Crippen molar-refractivity contribution in [2.75, 3.05) is 19.8 Å². The second kappa shape index (κ2) is 9.83. The molecular formula is C15H16F12O4. The molecule has 1 unspecified atom stereocenters. The number of carbonyl (C=O) groups is 1. The van der Waals surface area contributed by atoms with E-state index >= 15 is 0 Å². The number of rotatable bonds is 13. The Morgan fingerprint density at radius 1 is 0.935 bits per heavy atom. The zero-order chi connectivity index (χ0) is 25.1. The summed E-state index contributed by atoms with van der Waals surface area (Å²) in [5, 5.41) is 8.89. The van der Waals surface area contributed by atoms with Gasteiger partial charge >= 0.3 is 42.0 Å². The second-order valence-electron chi connectivity index (χ2n) is 6.17. The van der Waals surface area contributed by atoms with E-state index in [0.29, 0.717) is 0 Å². The second-order valence-corrected chi connectivity index (χ2v) is 6.17. The van der Waals surface area contributed by atoms with Crippen LogP contribution in [0.5, 0.6) is 0 Å². The standard InChI is InChI=1S/C15H16F12O4/c1-7(2)9(29)31-8(5-28)6-30-4-3-11(18,19)13(22,23)15(26,27)14(24,25)12(20,21)10(16)17/h8,10,28H,1,3-6H2,2H3. The van der Waals surface area contributed by atoms with Gasteiger partial charge in [0.05, 0.1) is 19.8 Å². The number of hydrogen-bond acceptors (Lipinski definition) is 4. The SMILES string of the molecule is C=C(C)C(=O)OC(CO)COCCC(F)(F)C(F)(F)C(F)(F)C(F)(F)C(F)(F)C(F)F. The summed E-state index contributed by atoms with van der Waals surface area (Å²) in [4.78, 5) is 11.2. The van der Waals surface area contributed by atoms with Crippen molar-refractivity contribution in [2.45, 2.75) is 55.5 Å². The number of aliphatic hydroxyl groups excluding tert-OH is 1. The Bertz CT molecular complexity index is 635. The molecule has 1 N–H and O–H groups in total. The van der Waals surface area contributed by atoms with Gasteiger partial charge in [-0.15, -0.1) is 0 Å². The van der Waals surface area contributed by atoms with Crippen LogP contribution in [0.1, 0.15) is 13.3 Å². The molecule has 0 heterocycles. The third-order valence-electron chi connectivity index (χ3n) is 3.63. The van der Waals surface area contributed by atoms with Crippen molar-refractivity contribution < 1.29 is 72.1 Å². The molecule has 0 aliphatic rings. The fraction of sp³-hybridized carbons (Fsp3) is 0.800. The van der Waals surface area contributed by atoms with E-state index < -0.39 is 74.4 Å². The molecular weight excluding hydrogens is 472 g/mol. The van der Waals surface area contributed by atoms with E-state index in [4.69, 9.17) is 5.11 Å². The highest BCUT2D eigenvalue weighted by atomic mass is 19.4. The Morgan fingerprint density at radius 3 is 1.81 bits per heavy atom. The van der Waals surface area contributed by atoms with Gasteiger partial charge in [0, 0.05) is 12.0 Å². The molecule has 0 radical (unpaired) electrons. The molecule has 0 amide bonds. The van der Waals surface area contributed by atoms with Gasteiger partial charge in [-0.3, -0.25) is 0 Å². The van der Waals surface area contributed by atoms with Crippen LogP contribution >= 0.6 is 0 Å². The van der Waals surface area contributed by atoms with Crippen molar-refractivity contribution in [1.82, 2.24) is 0 Å². The lowest BCUT2D eigenvalue weighted by Gasteiger charge is -2.39. The van der Waals surface area contributed by atoms with Crippen molar-refractivity contribution >= 4 is 5.97 Å². The summed E-state index contributed by atoms with van der Waals surface area (Å²) in [6.07, 6.45) is -9.58. The average molecular weight is 488 g/mol. The van der Waals surface area contributed by atoms with E-state index in [1.807, 2.05) is 0 Å². The summed E-state index contributed by atoms with van der Waals surface area (Å²) in [5.41, 5.74) is -0.173. The molecule has 4 nitrogen and oxygen atoms in total. The summed E-state index contributed by atoms with van der Waals surface area (Å²) in [6, 6.07) is 0. The minimum absolute atomic E-state index is 0.173. The van der Waals surface area contributed by atoms with Crippen molar-refractivity contribution in [3.05, 3.63) is 12.2 Å². The Hall–Kier alpha value is -1.71. The lowest BCUT2D eigenvalue weighted by atomic mass is 9.93. The van der Waals surface area contributed by atoms with Crippen LogP contribution in [-0.4, -0.2) is 73.0 Å². The quantitative estimate of drug-likeness (QED) is 0.182. The van der Waals surface area contributed by atoms with E-state index in [-0.39, 0.29) is 5.57 Å². The molecule has 0 aromatic carbocycles. The van der Waals surface area contributed by atoms with Crippen LogP contribution in [0.25, 0.3) is 0 Å². The summed E-state index contributed by atoms with van der Waals surface area (Å²) in [7, 11) is 0. The fourth-order valence-electron chi connectivity index (χ4n) is 1.72. The van der Waals surface area contributed by atoms with Crippen molar-refractivity contribution in [2.24, 2.45) is 0 Å². The molecule has 31 heavy (non-hydrogen) atoms. The van der Waals surface area contributed by atoms with E-state index in [2.05, 4.69) is 16.1 Å². The Balaban J connectivity index is 5.32. The van der Waals surface area contributed by atoms with Gasteiger partial charge in [-0.1, -0.05) is 6.58 Å². The lowest BCUT2D eigenvalue weighted by Crippen LogP contribution is -2.68. The van der Waals surface area contributed by atoms with Gasteiger partial charge in [-0.2, -0.15) is 43.9 Å². The zero-order valence-electron chi connectivity index (χ0n) is 15.4. The number of aliphatic hydroxyl groups is 1. The van der Waals surface area contributed by atoms with Gasteiger partial charge in [0.1, 0.15) is 6.10 Å². The monoisotopic (exact) mass is 488 g/mol. The van der Waals surface area contributed by atoms with Gasteiger partial charge in [-0.25, -0.2) is 13.6 Å². The maximum absolute atomic E-state index is 13.5. The maximum Gasteiger partial charge on any atom is 0.384 e. The molecule has 0 saturated carbocycles. The summed E-state index contributed by atoms with van der Waals surface area (Å²) >= 11 is 0. The smallest absolute Gasteiger partial charge is 0.384 e. The van der Waals surface area contributed by atoms with Crippen LogP contribution in [0, 0.1) is 0 Å². The molecule has 0 fully saturated rings. The first kappa shape index (κ1) is 29.3. The van der Waals surface area contributed by atoms with Crippen molar-refractivity contribution in [3.63, 3.8) is 0 Å². The predicted octanol–water partition coefficient (Wildman–Crippen LogP) is 4.31. The van der Waals surface area contributed by atoms with Gasteiger partial charge in [0.25, 0.3) is 0 Å². The molecule has 0 saturated heterocycles. The molecule has 0 aliphatic heterocycles. The molecule has 0 aliphatic carbocycles. The van der Waals surface area contributed by atoms with Crippen LogP contribution < -0.4 is 0 Å². The number of halogens is 12. The maximum atomic E-state index is 13.5. The molecule has 0 aromatic rings. The molecule has 0 spiro atoms. The fourth-order valence-corrected chi connectivity index (χ4v) is 1.72. The largest absolute Gasteiger partial charge is 0.454 e. The van der Waals surface area contributed by atoms with E-state index in [0.717, 1.165) is 0 Å². The summed E-state index contributed by atoms with van der Waals surface area (Å²) in [6.45, 7) is 0.806. The molecule has 0 bridgehead atoms. The van der Waals surface area contributed by atoms with Gasteiger partial charge < -0.3 is 14.6 Å². The van der Waals surface area contributed by atoms with Crippen LogP contribution in [0.15, 0.2) is 12.2 Å². The van der Waals surface area contributed by atoms with Gasteiger partial charge in [0.2, 0.25) is 0 Å².